The Morgan fingerprint density at radius 1 is 1.62 bits per heavy atom. The molecule has 0 spiro atoms. The second-order valence-electron chi connectivity index (χ2n) is 3.57. The largest absolute Gasteiger partial charge is 0.382 e. The Bertz CT molecular complexity index is 523. The van der Waals surface area contributed by atoms with E-state index < -0.39 is 0 Å². The minimum atomic E-state index is -0.0168. The number of rotatable bonds is 1. The Balaban J connectivity index is 2.37. The standard InChI is InChI=1S/C10H11N5O/c1-5-2-6(11)7(3-9(5)16)14-8-4-13-15-10(8)12/h2,4,11H,3H2,1H3,(H3,12,13,15). The summed E-state index contributed by atoms with van der Waals surface area (Å²) in [5, 5.41) is 14.0. The zero-order valence-electron chi connectivity index (χ0n) is 8.74. The number of H-pyrrole nitrogens is 1. The molecule has 1 aromatic heterocycles. The minimum Gasteiger partial charge on any atom is -0.382 e. The normalized spacial score (nSPS) is 19.1. The Hall–Kier alpha value is -2.24. The van der Waals surface area contributed by atoms with Gasteiger partial charge in [-0.15, -0.1) is 0 Å². The number of hydrogen-bond acceptors (Lipinski definition) is 5. The van der Waals surface area contributed by atoms with Crippen molar-refractivity contribution in [2.75, 3.05) is 5.73 Å². The van der Waals surface area contributed by atoms with Crippen LogP contribution in [0.5, 0.6) is 0 Å². The number of nitrogens with two attached hydrogens (primary N) is 1. The number of anilines is 1. The molecule has 0 fully saturated rings. The number of aromatic amines is 1. The molecule has 0 saturated heterocycles. The number of aliphatic imine (C=N–C) groups is 1. The molecule has 6 nitrogen and oxygen atoms in total. The van der Waals surface area contributed by atoms with Gasteiger partial charge in [0, 0.05) is 0 Å². The van der Waals surface area contributed by atoms with E-state index in [-0.39, 0.29) is 17.9 Å². The highest BCUT2D eigenvalue weighted by molar-refractivity contribution is 6.51. The number of aromatic nitrogens is 2. The van der Waals surface area contributed by atoms with Gasteiger partial charge in [0.2, 0.25) is 0 Å². The molecule has 0 aromatic carbocycles. The molecular formula is C10H11N5O. The molecule has 82 valence electrons. The first kappa shape index (κ1) is 10.3. The van der Waals surface area contributed by atoms with E-state index in [1.165, 1.54) is 12.3 Å². The SMILES string of the molecule is CC1=CC(=N)C(=Nc2cn[nH]c2N)CC1=O. The van der Waals surface area contributed by atoms with Crippen LogP contribution < -0.4 is 5.73 Å². The van der Waals surface area contributed by atoms with Gasteiger partial charge < -0.3 is 5.73 Å². The van der Waals surface area contributed by atoms with Crippen LogP contribution in [0.1, 0.15) is 13.3 Å². The minimum absolute atomic E-state index is 0.0168. The molecule has 1 heterocycles. The lowest BCUT2D eigenvalue weighted by Gasteiger charge is -2.11. The van der Waals surface area contributed by atoms with Gasteiger partial charge in [0.15, 0.2) is 5.78 Å². The van der Waals surface area contributed by atoms with Gasteiger partial charge in [-0.05, 0) is 18.6 Å². The van der Waals surface area contributed by atoms with Crippen LogP contribution in [0.15, 0.2) is 22.8 Å². The van der Waals surface area contributed by atoms with E-state index in [0.717, 1.165) is 0 Å². The summed E-state index contributed by atoms with van der Waals surface area (Å²) in [6.07, 6.45) is 3.12. The quantitative estimate of drug-likeness (QED) is 0.652. The zero-order valence-corrected chi connectivity index (χ0v) is 8.74. The first-order chi connectivity index (χ1) is 7.58. The van der Waals surface area contributed by atoms with Crippen LogP contribution in [0.25, 0.3) is 0 Å². The van der Waals surface area contributed by atoms with Crippen molar-refractivity contribution >= 4 is 28.7 Å². The summed E-state index contributed by atoms with van der Waals surface area (Å²) in [6, 6.07) is 0. The number of hydrogen-bond donors (Lipinski definition) is 3. The number of carbonyl (C=O) groups excluding carboxylic acids is 1. The van der Waals surface area contributed by atoms with Crippen LogP contribution >= 0.6 is 0 Å². The molecule has 4 N–H and O–H groups in total. The third-order valence-electron chi connectivity index (χ3n) is 2.34. The molecule has 6 heteroatoms. The van der Waals surface area contributed by atoms with Crippen LogP contribution in [0.3, 0.4) is 0 Å². The Morgan fingerprint density at radius 3 is 3.00 bits per heavy atom. The van der Waals surface area contributed by atoms with Gasteiger partial charge in [-0.25, -0.2) is 4.99 Å². The number of allylic oxidation sites excluding steroid dienone is 2. The van der Waals surface area contributed by atoms with E-state index in [1.54, 1.807) is 6.92 Å². The van der Waals surface area contributed by atoms with Gasteiger partial charge in [0.25, 0.3) is 0 Å². The molecule has 0 amide bonds. The topological polar surface area (TPSA) is 108 Å². The van der Waals surface area contributed by atoms with E-state index in [0.29, 0.717) is 22.8 Å². The Labute approximate surface area is 91.8 Å². The molecule has 1 aliphatic rings. The van der Waals surface area contributed by atoms with Crippen molar-refractivity contribution in [3.63, 3.8) is 0 Å². The van der Waals surface area contributed by atoms with Gasteiger partial charge in [-0.3, -0.25) is 15.3 Å². The maximum Gasteiger partial charge on any atom is 0.164 e. The van der Waals surface area contributed by atoms with E-state index in [9.17, 15) is 4.79 Å². The molecule has 0 unspecified atom stereocenters. The Morgan fingerprint density at radius 2 is 2.38 bits per heavy atom. The smallest absolute Gasteiger partial charge is 0.164 e. The highest BCUT2D eigenvalue weighted by atomic mass is 16.1. The molecule has 0 saturated carbocycles. The van der Waals surface area contributed by atoms with Crippen LogP contribution in [-0.2, 0) is 4.79 Å². The van der Waals surface area contributed by atoms with E-state index in [4.69, 9.17) is 11.1 Å². The third-order valence-corrected chi connectivity index (χ3v) is 2.34. The molecule has 1 aliphatic carbocycles. The van der Waals surface area contributed by atoms with Crippen molar-refractivity contribution < 1.29 is 4.79 Å². The molecule has 0 bridgehead atoms. The number of carbonyl (C=O) groups is 1. The molecule has 16 heavy (non-hydrogen) atoms. The average Bonchev–Trinajstić information content (AvgIpc) is 2.61. The first-order valence-corrected chi connectivity index (χ1v) is 4.74. The number of nitrogen functional groups attached to an aromatic ring is 1. The summed E-state index contributed by atoms with van der Waals surface area (Å²) in [5.41, 5.74) is 7.28. The molecular weight excluding hydrogens is 206 g/mol. The average molecular weight is 217 g/mol. The summed E-state index contributed by atoms with van der Waals surface area (Å²) >= 11 is 0. The molecule has 1 aromatic rings. The van der Waals surface area contributed by atoms with Gasteiger partial charge in [-0.1, -0.05) is 0 Å². The van der Waals surface area contributed by atoms with Crippen molar-refractivity contribution in [2.24, 2.45) is 4.99 Å². The second kappa shape index (κ2) is 3.73. The first-order valence-electron chi connectivity index (χ1n) is 4.74. The van der Waals surface area contributed by atoms with Gasteiger partial charge in [0.05, 0.1) is 24.0 Å². The lowest BCUT2D eigenvalue weighted by atomic mass is 9.96. The maximum absolute atomic E-state index is 11.5. The summed E-state index contributed by atoms with van der Waals surface area (Å²) < 4.78 is 0. The summed E-state index contributed by atoms with van der Waals surface area (Å²) in [5.74, 6) is 0.316. The Kier molecular flexibility index (Phi) is 2.40. The van der Waals surface area contributed by atoms with E-state index in [2.05, 4.69) is 15.2 Å². The molecule has 2 rings (SSSR count). The number of ketones is 1. The zero-order chi connectivity index (χ0) is 11.7. The number of nitrogens with zero attached hydrogens (tertiary/aromatic N) is 2. The van der Waals surface area contributed by atoms with Gasteiger partial charge in [-0.2, -0.15) is 5.10 Å². The van der Waals surface area contributed by atoms with Crippen LogP contribution in [0.4, 0.5) is 11.5 Å². The maximum atomic E-state index is 11.5. The monoisotopic (exact) mass is 217 g/mol. The van der Waals surface area contributed by atoms with Crippen molar-refractivity contribution in [1.82, 2.24) is 10.2 Å². The fourth-order valence-electron chi connectivity index (χ4n) is 1.39. The fourth-order valence-corrected chi connectivity index (χ4v) is 1.39. The fraction of sp³-hybridized carbons (Fsp3) is 0.200. The molecule has 0 aliphatic heterocycles. The van der Waals surface area contributed by atoms with Crippen molar-refractivity contribution in [3.8, 4) is 0 Å². The summed E-state index contributed by atoms with van der Waals surface area (Å²) in [4.78, 5) is 15.6. The lowest BCUT2D eigenvalue weighted by molar-refractivity contribution is -0.114. The van der Waals surface area contributed by atoms with Crippen molar-refractivity contribution in [1.29, 1.82) is 5.41 Å². The third kappa shape index (κ3) is 1.77. The van der Waals surface area contributed by atoms with Crippen LogP contribution in [-0.4, -0.2) is 27.4 Å². The predicted octanol–water partition coefficient (Wildman–Crippen LogP) is 1.00. The molecule has 0 atom stereocenters. The number of Topliss-reactive ketones (excluding diaryl/α,β-unsaturated/α-hetero) is 1. The number of nitrogens with one attached hydrogen (secondary N) is 2. The van der Waals surface area contributed by atoms with Crippen molar-refractivity contribution in [2.45, 2.75) is 13.3 Å². The molecule has 0 radical (unpaired) electrons. The second-order valence-corrected chi connectivity index (χ2v) is 3.57. The van der Waals surface area contributed by atoms with E-state index in [1.807, 2.05) is 0 Å². The lowest BCUT2D eigenvalue weighted by Crippen LogP contribution is -2.22. The highest BCUT2D eigenvalue weighted by Gasteiger charge is 2.19. The van der Waals surface area contributed by atoms with Crippen LogP contribution in [0, 0.1) is 5.41 Å². The van der Waals surface area contributed by atoms with E-state index >= 15 is 0 Å². The predicted molar refractivity (Wildman–Crippen MR) is 61.2 cm³/mol. The van der Waals surface area contributed by atoms with Gasteiger partial charge in [0.1, 0.15) is 11.5 Å². The van der Waals surface area contributed by atoms with Crippen LogP contribution in [0.2, 0.25) is 0 Å². The summed E-state index contributed by atoms with van der Waals surface area (Å²) in [6.45, 7) is 1.69. The summed E-state index contributed by atoms with van der Waals surface area (Å²) in [7, 11) is 0. The van der Waals surface area contributed by atoms with Gasteiger partial charge >= 0.3 is 0 Å². The van der Waals surface area contributed by atoms with Crippen molar-refractivity contribution in [3.05, 3.63) is 17.8 Å². The highest BCUT2D eigenvalue weighted by Crippen LogP contribution is 2.20.